The molecule has 0 bridgehead atoms. The van der Waals surface area contributed by atoms with E-state index in [1.807, 2.05) is 6.92 Å². The summed E-state index contributed by atoms with van der Waals surface area (Å²) in [5.41, 5.74) is 2.08. The summed E-state index contributed by atoms with van der Waals surface area (Å²) in [7, 11) is 0. The Bertz CT molecular complexity index is 439. The predicted octanol–water partition coefficient (Wildman–Crippen LogP) is 2.59. The van der Waals surface area contributed by atoms with Crippen molar-refractivity contribution in [3.63, 3.8) is 0 Å². The molecule has 5 nitrogen and oxygen atoms in total. The summed E-state index contributed by atoms with van der Waals surface area (Å²) in [4.78, 5) is 15.7. The van der Waals surface area contributed by atoms with Gasteiger partial charge in [-0.3, -0.25) is 4.79 Å². The normalized spacial score (nSPS) is 12.0. The molecule has 1 atom stereocenters. The first-order valence-electron chi connectivity index (χ1n) is 7.02. The van der Waals surface area contributed by atoms with Crippen LogP contribution in [0.4, 0.5) is 10.2 Å². The van der Waals surface area contributed by atoms with Crippen molar-refractivity contribution >= 4 is 11.7 Å². The van der Waals surface area contributed by atoms with Gasteiger partial charge >= 0.3 is 0 Å². The first kappa shape index (κ1) is 16.4. The van der Waals surface area contributed by atoms with E-state index in [2.05, 4.69) is 22.7 Å². The van der Waals surface area contributed by atoms with Gasteiger partial charge in [0, 0.05) is 12.2 Å². The summed E-state index contributed by atoms with van der Waals surface area (Å²) in [5.74, 6) is 3.83. The second kappa shape index (κ2) is 8.47. The topological polar surface area (TPSA) is 80.0 Å². The minimum Gasteiger partial charge on any atom is -0.349 e. The van der Waals surface area contributed by atoms with E-state index in [4.69, 9.17) is 5.84 Å². The largest absolute Gasteiger partial charge is 0.349 e. The second-order valence-electron chi connectivity index (χ2n) is 4.89. The van der Waals surface area contributed by atoms with Gasteiger partial charge in [0.25, 0.3) is 5.91 Å². The fourth-order valence-electron chi connectivity index (χ4n) is 1.97. The number of aromatic nitrogens is 1. The van der Waals surface area contributed by atoms with Gasteiger partial charge in [0.15, 0.2) is 11.6 Å². The lowest BCUT2D eigenvalue weighted by Gasteiger charge is -2.14. The molecule has 4 N–H and O–H groups in total. The standard InChI is InChI=1S/C14H23FN4O/c1-3-4-5-6-7-10(2)18-14(20)11-8-9-17-13(19-16)12(11)15/h8-10H,3-7,16H2,1-2H3,(H,17,19)(H,18,20). The number of unbranched alkanes of at least 4 members (excludes halogenated alkanes) is 3. The van der Waals surface area contributed by atoms with E-state index in [1.165, 1.54) is 25.1 Å². The Morgan fingerprint density at radius 1 is 1.45 bits per heavy atom. The Hall–Kier alpha value is -1.69. The van der Waals surface area contributed by atoms with Crippen LogP contribution in [0.1, 0.15) is 56.3 Å². The zero-order valence-corrected chi connectivity index (χ0v) is 12.1. The van der Waals surface area contributed by atoms with Crippen LogP contribution in [0, 0.1) is 5.82 Å². The van der Waals surface area contributed by atoms with Crippen LogP contribution in [0.3, 0.4) is 0 Å². The van der Waals surface area contributed by atoms with Gasteiger partial charge in [-0.05, 0) is 19.4 Å². The van der Waals surface area contributed by atoms with Crippen LogP contribution in [0.5, 0.6) is 0 Å². The van der Waals surface area contributed by atoms with Crippen LogP contribution in [0.15, 0.2) is 12.3 Å². The summed E-state index contributed by atoms with van der Waals surface area (Å²) in [6.45, 7) is 4.07. The molecule has 0 spiro atoms. The maximum absolute atomic E-state index is 13.9. The van der Waals surface area contributed by atoms with Crippen molar-refractivity contribution < 1.29 is 9.18 Å². The molecule has 1 unspecified atom stereocenters. The number of carbonyl (C=O) groups excluding carboxylic acids is 1. The van der Waals surface area contributed by atoms with Gasteiger partial charge in [-0.25, -0.2) is 15.2 Å². The van der Waals surface area contributed by atoms with Gasteiger partial charge in [-0.2, -0.15) is 0 Å². The molecule has 1 aromatic rings. The molecule has 0 radical (unpaired) electrons. The maximum Gasteiger partial charge on any atom is 0.254 e. The zero-order chi connectivity index (χ0) is 15.0. The van der Waals surface area contributed by atoms with E-state index in [0.717, 1.165) is 19.3 Å². The monoisotopic (exact) mass is 282 g/mol. The minimum absolute atomic E-state index is 0.0150. The highest BCUT2D eigenvalue weighted by Gasteiger charge is 2.17. The highest BCUT2D eigenvalue weighted by Crippen LogP contribution is 2.14. The predicted molar refractivity (Wildman–Crippen MR) is 77.7 cm³/mol. The molecular formula is C14H23FN4O. The number of pyridine rings is 1. The molecule has 1 aromatic heterocycles. The van der Waals surface area contributed by atoms with E-state index in [9.17, 15) is 9.18 Å². The van der Waals surface area contributed by atoms with Crippen LogP contribution in [-0.4, -0.2) is 16.9 Å². The molecule has 0 saturated heterocycles. The van der Waals surface area contributed by atoms with E-state index in [-0.39, 0.29) is 17.4 Å². The van der Waals surface area contributed by atoms with Gasteiger partial charge in [-0.1, -0.05) is 32.6 Å². The zero-order valence-electron chi connectivity index (χ0n) is 12.1. The van der Waals surface area contributed by atoms with Gasteiger partial charge in [-0.15, -0.1) is 0 Å². The molecule has 0 fully saturated rings. The van der Waals surface area contributed by atoms with E-state index < -0.39 is 11.7 Å². The molecule has 0 aliphatic heterocycles. The molecule has 0 aromatic carbocycles. The number of amides is 1. The molecule has 6 heteroatoms. The average molecular weight is 282 g/mol. The molecular weight excluding hydrogens is 259 g/mol. The number of hydrazine groups is 1. The first-order valence-corrected chi connectivity index (χ1v) is 7.02. The van der Waals surface area contributed by atoms with Crippen molar-refractivity contribution in [1.82, 2.24) is 10.3 Å². The number of rotatable bonds is 8. The van der Waals surface area contributed by atoms with E-state index in [0.29, 0.717) is 0 Å². The fraction of sp³-hybridized carbons (Fsp3) is 0.571. The Morgan fingerprint density at radius 2 is 2.20 bits per heavy atom. The number of nitrogens with two attached hydrogens (primary N) is 1. The van der Waals surface area contributed by atoms with Crippen molar-refractivity contribution in [1.29, 1.82) is 0 Å². The SMILES string of the molecule is CCCCCCC(C)NC(=O)c1ccnc(NN)c1F. The number of carbonyl (C=O) groups is 1. The third kappa shape index (κ3) is 4.77. The van der Waals surface area contributed by atoms with Crippen molar-refractivity contribution in [2.24, 2.45) is 5.84 Å². The number of hydrogen-bond acceptors (Lipinski definition) is 4. The lowest BCUT2D eigenvalue weighted by Crippen LogP contribution is -2.33. The first-order chi connectivity index (χ1) is 9.60. The molecule has 0 aliphatic carbocycles. The van der Waals surface area contributed by atoms with Crippen molar-refractivity contribution in [3.05, 3.63) is 23.6 Å². The molecule has 112 valence electrons. The molecule has 1 amide bonds. The van der Waals surface area contributed by atoms with Crippen LogP contribution in [-0.2, 0) is 0 Å². The van der Waals surface area contributed by atoms with E-state index in [1.54, 1.807) is 0 Å². The highest BCUT2D eigenvalue weighted by molar-refractivity contribution is 5.95. The Labute approximate surface area is 119 Å². The molecule has 0 aliphatic rings. The summed E-state index contributed by atoms with van der Waals surface area (Å²) in [6.07, 6.45) is 6.83. The summed E-state index contributed by atoms with van der Waals surface area (Å²) in [5, 5.41) is 2.79. The number of halogens is 1. The summed E-state index contributed by atoms with van der Waals surface area (Å²) >= 11 is 0. The lowest BCUT2D eigenvalue weighted by molar-refractivity contribution is 0.0933. The fourth-order valence-corrected chi connectivity index (χ4v) is 1.97. The average Bonchev–Trinajstić information content (AvgIpc) is 2.43. The third-order valence-electron chi connectivity index (χ3n) is 3.14. The van der Waals surface area contributed by atoms with Crippen molar-refractivity contribution in [2.75, 3.05) is 5.43 Å². The highest BCUT2D eigenvalue weighted by atomic mass is 19.1. The van der Waals surface area contributed by atoms with E-state index >= 15 is 0 Å². The van der Waals surface area contributed by atoms with Gasteiger partial charge < -0.3 is 10.7 Å². The molecule has 0 saturated carbocycles. The molecule has 20 heavy (non-hydrogen) atoms. The third-order valence-corrected chi connectivity index (χ3v) is 3.14. The van der Waals surface area contributed by atoms with Gasteiger partial charge in [0.1, 0.15) is 0 Å². The van der Waals surface area contributed by atoms with Crippen molar-refractivity contribution in [2.45, 2.75) is 52.0 Å². The quantitative estimate of drug-likeness (QED) is 0.389. The smallest absolute Gasteiger partial charge is 0.254 e. The van der Waals surface area contributed by atoms with Gasteiger partial charge in [0.2, 0.25) is 0 Å². The molecule has 1 rings (SSSR count). The number of hydrogen-bond donors (Lipinski definition) is 3. The van der Waals surface area contributed by atoms with Crippen LogP contribution >= 0.6 is 0 Å². The van der Waals surface area contributed by atoms with Crippen molar-refractivity contribution in [3.8, 4) is 0 Å². The minimum atomic E-state index is -0.731. The Balaban J connectivity index is 2.54. The number of nitrogens with zero attached hydrogens (tertiary/aromatic N) is 1. The van der Waals surface area contributed by atoms with Crippen LogP contribution < -0.4 is 16.6 Å². The number of nitrogen functional groups attached to an aromatic ring is 1. The number of nitrogens with one attached hydrogen (secondary N) is 2. The maximum atomic E-state index is 13.9. The summed E-state index contributed by atoms with van der Waals surface area (Å²) < 4.78 is 13.9. The van der Waals surface area contributed by atoms with Crippen LogP contribution in [0.25, 0.3) is 0 Å². The molecule has 1 heterocycles. The number of anilines is 1. The lowest BCUT2D eigenvalue weighted by atomic mass is 10.1. The Kier molecular flexibility index (Phi) is 6.93. The second-order valence-corrected chi connectivity index (χ2v) is 4.89. The van der Waals surface area contributed by atoms with Crippen LogP contribution in [0.2, 0.25) is 0 Å². The Morgan fingerprint density at radius 3 is 2.85 bits per heavy atom. The van der Waals surface area contributed by atoms with Gasteiger partial charge in [0.05, 0.1) is 5.56 Å². The summed E-state index contributed by atoms with van der Waals surface area (Å²) in [6, 6.07) is 1.36.